The van der Waals surface area contributed by atoms with Crippen LogP contribution in [0.1, 0.15) is 19.4 Å². The van der Waals surface area contributed by atoms with E-state index in [-0.39, 0.29) is 11.7 Å². The van der Waals surface area contributed by atoms with Crippen LogP contribution in [0.25, 0.3) is 17.1 Å². The molecule has 0 spiro atoms. The highest BCUT2D eigenvalue weighted by Gasteiger charge is 2.23. The van der Waals surface area contributed by atoms with Crippen LogP contribution in [0.3, 0.4) is 0 Å². The Morgan fingerprint density at radius 2 is 2.10 bits per heavy atom. The number of ether oxygens (including phenoxy) is 1. The number of pyridine rings is 1. The molecule has 1 saturated heterocycles. The van der Waals surface area contributed by atoms with Crippen molar-refractivity contribution in [2.45, 2.75) is 13.8 Å². The van der Waals surface area contributed by atoms with Crippen LogP contribution in [-0.2, 0) is 9.53 Å². The number of carbonyl (C=O) groups is 2. The van der Waals surface area contributed by atoms with E-state index in [9.17, 15) is 9.59 Å². The molecule has 3 N–H and O–H groups in total. The summed E-state index contributed by atoms with van der Waals surface area (Å²) in [5.74, 6) is -0.467. The number of aromatic nitrogens is 2. The zero-order valence-electron chi connectivity index (χ0n) is 16.5. The first-order valence-corrected chi connectivity index (χ1v) is 9.44. The average Bonchev–Trinajstić information content (AvgIpc) is 3.12. The van der Waals surface area contributed by atoms with Crippen molar-refractivity contribution in [3.63, 3.8) is 0 Å². The van der Waals surface area contributed by atoms with Crippen LogP contribution >= 0.6 is 0 Å². The first-order chi connectivity index (χ1) is 13.9. The number of nitrogens with one attached hydrogen (secondary N) is 1. The molecule has 29 heavy (non-hydrogen) atoms. The molecule has 2 amide bonds. The van der Waals surface area contributed by atoms with Gasteiger partial charge in [-0.05, 0) is 18.1 Å². The first kappa shape index (κ1) is 20.2. The number of piperazine rings is 1. The number of fused-ring (bicyclic) bond motifs is 1. The molecule has 1 aliphatic heterocycles. The molecule has 2 aromatic rings. The van der Waals surface area contributed by atoms with E-state index in [2.05, 4.69) is 14.9 Å². The predicted molar refractivity (Wildman–Crippen MR) is 109 cm³/mol. The number of hydrogen-bond acceptors (Lipinski definition) is 6. The number of H-pyrrole nitrogens is 1. The summed E-state index contributed by atoms with van der Waals surface area (Å²) in [5.41, 5.74) is 7.32. The molecular formula is C20H24N6O3. The lowest BCUT2D eigenvalue weighted by atomic mass is 10.1. The molecule has 0 saturated carbocycles. The Balaban J connectivity index is 1.73. The smallest absolute Gasteiger partial charge is 0.409 e. The highest BCUT2D eigenvalue weighted by atomic mass is 16.6. The van der Waals surface area contributed by atoms with Crippen LogP contribution < -0.4 is 10.6 Å². The molecular weight excluding hydrogens is 372 g/mol. The van der Waals surface area contributed by atoms with Crippen molar-refractivity contribution in [1.29, 1.82) is 5.26 Å². The molecule has 9 nitrogen and oxygen atoms in total. The van der Waals surface area contributed by atoms with Crippen molar-refractivity contribution in [1.82, 2.24) is 14.9 Å². The molecule has 0 aliphatic carbocycles. The van der Waals surface area contributed by atoms with E-state index >= 15 is 0 Å². The largest absolute Gasteiger partial charge is 0.449 e. The Morgan fingerprint density at radius 1 is 1.38 bits per heavy atom. The summed E-state index contributed by atoms with van der Waals surface area (Å²) in [4.78, 5) is 34.7. The molecule has 0 radical (unpaired) electrons. The third-order valence-corrected chi connectivity index (χ3v) is 4.68. The van der Waals surface area contributed by atoms with Crippen LogP contribution in [0, 0.1) is 17.2 Å². The molecule has 2 aromatic heterocycles. The highest BCUT2D eigenvalue weighted by molar-refractivity contribution is 6.03. The maximum Gasteiger partial charge on any atom is 0.409 e. The lowest BCUT2D eigenvalue weighted by Gasteiger charge is -2.35. The lowest BCUT2D eigenvalue weighted by molar-refractivity contribution is -0.114. The summed E-state index contributed by atoms with van der Waals surface area (Å²) in [5, 5.41) is 9.86. The number of amides is 2. The molecule has 0 unspecified atom stereocenters. The first-order valence-electron chi connectivity index (χ1n) is 9.44. The minimum Gasteiger partial charge on any atom is -0.449 e. The van der Waals surface area contributed by atoms with E-state index in [1.807, 2.05) is 26.0 Å². The van der Waals surface area contributed by atoms with Gasteiger partial charge in [-0.25, -0.2) is 9.78 Å². The third kappa shape index (κ3) is 4.66. The Hall–Kier alpha value is -3.54. The number of rotatable bonds is 5. The topological polar surface area (TPSA) is 128 Å². The van der Waals surface area contributed by atoms with E-state index in [1.54, 1.807) is 17.3 Å². The number of carbonyl (C=O) groups excluding carboxylic acids is 2. The van der Waals surface area contributed by atoms with Crippen molar-refractivity contribution in [2.75, 3.05) is 37.7 Å². The Bertz CT molecular complexity index is 980. The monoisotopic (exact) mass is 396 g/mol. The second kappa shape index (κ2) is 8.65. The second-order valence-corrected chi connectivity index (χ2v) is 7.31. The average molecular weight is 396 g/mol. The Labute approximate surface area is 168 Å². The fourth-order valence-corrected chi connectivity index (χ4v) is 3.10. The maximum absolute atomic E-state index is 12.1. The SMILES string of the molecule is CC(C)COC(=O)N1CCN(c2cnc3[nH]cc(C=C(C#N)C(N)=O)c3c2)CC1. The van der Waals surface area contributed by atoms with Crippen molar-refractivity contribution >= 4 is 34.8 Å². The maximum atomic E-state index is 12.1. The van der Waals surface area contributed by atoms with E-state index in [4.69, 9.17) is 15.7 Å². The second-order valence-electron chi connectivity index (χ2n) is 7.31. The van der Waals surface area contributed by atoms with E-state index in [0.29, 0.717) is 49.9 Å². The van der Waals surface area contributed by atoms with Gasteiger partial charge in [0.25, 0.3) is 5.91 Å². The van der Waals surface area contributed by atoms with Gasteiger partial charge < -0.3 is 25.3 Å². The molecule has 0 aromatic carbocycles. The van der Waals surface area contributed by atoms with Crippen molar-refractivity contribution < 1.29 is 14.3 Å². The lowest BCUT2D eigenvalue weighted by Crippen LogP contribution is -2.49. The van der Waals surface area contributed by atoms with E-state index in [1.165, 1.54) is 6.08 Å². The van der Waals surface area contributed by atoms with Gasteiger partial charge in [0, 0.05) is 43.3 Å². The van der Waals surface area contributed by atoms with Crippen molar-refractivity contribution in [3.05, 3.63) is 29.6 Å². The molecule has 3 heterocycles. The van der Waals surface area contributed by atoms with Gasteiger partial charge in [0.1, 0.15) is 17.3 Å². The minimum absolute atomic E-state index is 0.121. The number of nitrogens with zero attached hydrogens (tertiary/aromatic N) is 4. The zero-order valence-corrected chi connectivity index (χ0v) is 16.5. The van der Waals surface area contributed by atoms with Crippen LogP contribution in [0.15, 0.2) is 24.0 Å². The third-order valence-electron chi connectivity index (χ3n) is 4.68. The number of anilines is 1. The normalized spacial score (nSPS) is 14.9. The number of nitriles is 1. The Kier molecular flexibility index (Phi) is 6.02. The van der Waals surface area contributed by atoms with Gasteiger partial charge in [-0.15, -0.1) is 0 Å². The van der Waals surface area contributed by atoms with Gasteiger partial charge in [-0.2, -0.15) is 5.26 Å². The quantitative estimate of drug-likeness (QED) is 0.586. The fourth-order valence-electron chi connectivity index (χ4n) is 3.10. The summed E-state index contributed by atoms with van der Waals surface area (Å²) < 4.78 is 5.30. The molecule has 1 aliphatic rings. The molecule has 3 rings (SSSR count). The van der Waals surface area contributed by atoms with Gasteiger partial charge in [0.15, 0.2) is 0 Å². The van der Waals surface area contributed by atoms with E-state index in [0.717, 1.165) is 11.1 Å². The zero-order chi connectivity index (χ0) is 21.0. The van der Waals surface area contributed by atoms with E-state index < -0.39 is 5.91 Å². The summed E-state index contributed by atoms with van der Waals surface area (Å²) in [6, 6.07) is 3.76. The van der Waals surface area contributed by atoms with Crippen LogP contribution in [0.5, 0.6) is 0 Å². The molecule has 9 heteroatoms. The van der Waals surface area contributed by atoms with Crippen molar-refractivity contribution in [2.24, 2.45) is 11.7 Å². The standard InChI is InChI=1S/C20H24N6O3/c1-13(2)12-29-20(28)26-5-3-25(4-6-26)16-8-17-15(7-14(9-21)18(22)27)10-23-19(17)24-11-16/h7-8,10-11,13H,3-6,12H2,1-2H3,(H2,22,27)(H,23,24). The number of aromatic amines is 1. The summed E-state index contributed by atoms with van der Waals surface area (Å²) in [6.07, 6.45) is 4.62. The predicted octanol–water partition coefficient (Wildman–Crippen LogP) is 1.87. The molecule has 0 atom stereocenters. The van der Waals surface area contributed by atoms with Gasteiger partial charge in [-0.1, -0.05) is 13.8 Å². The summed E-state index contributed by atoms with van der Waals surface area (Å²) in [6.45, 7) is 6.86. The van der Waals surface area contributed by atoms with Gasteiger partial charge >= 0.3 is 6.09 Å². The number of hydrogen-bond donors (Lipinski definition) is 2. The summed E-state index contributed by atoms with van der Waals surface area (Å²) in [7, 11) is 0. The van der Waals surface area contributed by atoms with Crippen LogP contribution in [0.4, 0.5) is 10.5 Å². The van der Waals surface area contributed by atoms with Crippen molar-refractivity contribution in [3.8, 4) is 6.07 Å². The van der Waals surface area contributed by atoms with Crippen LogP contribution in [-0.4, -0.2) is 59.7 Å². The number of primary amides is 1. The number of nitrogens with two attached hydrogens (primary N) is 1. The Morgan fingerprint density at radius 3 is 2.72 bits per heavy atom. The van der Waals surface area contributed by atoms with Gasteiger partial charge in [0.2, 0.25) is 0 Å². The van der Waals surface area contributed by atoms with Gasteiger partial charge in [0.05, 0.1) is 18.5 Å². The molecule has 1 fully saturated rings. The minimum atomic E-state index is -0.772. The summed E-state index contributed by atoms with van der Waals surface area (Å²) >= 11 is 0. The van der Waals surface area contributed by atoms with Crippen LogP contribution in [0.2, 0.25) is 0 Å². The molecule has 0 bridgehead atoms. The highest BCUT2D eigenvalue weighted by Crippen LogP contribution is 2.25. The molecule has 152 valence electrons. The fraction of sp³-hybridized carbons (Fsp3) is 0.400. The van der Waals surface area contributed by atoms with Gasteiger partial charge in [-0.3, -0.25) is 4.79 Å².